The summed E-state index contributed by atoms with van der Waals surface area (Å²) in [5.41, 5.74) is 3.87. The van der Waals surface area contributed by atoms with Gasteiger partial charge < -0.3 is 19.1 Å². The largest absolute Gasteiger partial charge is 0.479 e. The molecule has 0 spiro atoms. The first kappa shape index (κ1) is 22.2. The van der Waals surface area contributed by atoms with Crippen LogP contribution in [0.1, 0.15) is 47.9 Å². The summed E-state index contributed by atoms with van der Waals surface area (Å²) >= 11 is 0. The molecule has 7 nitrogen and oxygen atoms in total. The molecule has 2 aromatic heterocycles. The number of H-pyrrole nitrogens is 1. The Morgan fingerprint density at radius 2 is 2.00 bits per heavy atom. The van der Waals surface area contributed by atoms with Crippen LogP contribution in [0.15, 0.2) is 30.5 Å². The van der Waals surface area contributed by atoms with Gasteiger partial charge in [-0.05, 0) is 61.6 Å². The molecule has 2 aliphatic heterocycles. The molecule has 0 bridgehead atoms. The maximum absolute atomic E-state index is 16.2. The van der Waals surface area contributed by atoms with E-state index >= 15 is 4.39 Å². The van der Waals surface area contributed by atoms with E-state index in [9.17, 15) is 14.3 Å². The molecule has 4 aromatic rings. The number of benzene rings is 2. The standard InChI is InChI=1S/C26H25F2N3O4/c1-13-8-17(2-3-18(13)27)31-19-9-15-11-29-30-24(15)23(28)22(19)21(16-10-20(26(32)33)35-12-16)25(31)14-4-6-34-7-5-14/h2-3,8-9,11,14,16,20H,4-7,10,12H2,1H3,(H,29,30)(H,32,33). The highest BCUT2D eigenvalue weighted by molar-refractivity contribution is 6.00. The number of carbonyl (C=O) groups is 1. The molecule has 35 heavy (non-hydrogen) atoms. The van der Waals surface area contributed by atoms with Crippen LogP contribution in [0.4, 0.5) is 8.78 Å². The fourth-order valence-electron chi connectivity index (χ4n) is 5.68. The summed E-state index contributed by atoms with van der Waals surface area (Å²) < 4.78 is 43.6. The number of aromatic amines is 1. The van der Waals surface area contributed by atoms with Crippen molar-refractivity contribution in [3.63, 3.8) is 0 Å². The maximum Gasteiger partial charge on any atom is 0.332 e. The lowest BCUT2D eigenvalue weighted by molar-refractivity contribution is -0.147. The van der Waals surface area contributed by atoms with Gasteiger partial charge >= 0.3 is 5.97 Å². The fraction of sp³-hybridized carbons (Fsp3) is 0.385. The van der Waals surface area contributed by atoms with Crippen LogP contribution in [0.2, 0.25) is 0 Å². The van der Waals surface area contributed by atoms with Crippen LogP contribution >= 0.6 is 0 Å². The third kappa shape index (κ3) is 3.52. The molecule has 2 saturated heterocycles. The van der Waals surface area contributed by atoms with Crippen LogP contribution < -0.4 is 0 Å². The minimum absolute atomic E-state index is 0.0660. The molecule has 6 rings (SSSR count). The van der Waals surface area contributed by atoms with Gasteiger partial charge in [0.2, 0.25) is 0 Å². The van der Waals surface area contributed by atoms with Crippen LogP contribution in [-0.2, 0) is 14.3 Å². The number of nitrogens with zero attached hydrogens (tertiary/aromatic N) is 2. The molecule has 2 N–H and O–H groups in total. The number of aromatic nitrogens is 3. The molecular weight excluding hydrogens is 456 g/mol. The Morgan fingerprint density at radius 1 is 1.20 bits per heavy atom. The Labute approximate surface area is 199 Å². The monoisotopic (exact) mass is 481 g/mol. The molecule has 4 heterocycles. The lowest BCUT2D eigenvalue weighted by Crippen LogP contribution is -2.20. The van der Waals surface area contributed by atoms with Gasteiger partial charge in [0.1, 0.15) is 11.3 Å². The average molecular weight is 481 g/mol. The van der Waals surface area contributed by atoms with Crippen LogP contribution in [-0.4, -0.2) is 51.8 Å². The molecule has 2 fully saturated rings. The van der Waals surface area contributed by atoms with E-state index in [0.29, 0.717) is 40.6 Å². The number of carboxylic acid groups (broad SMARTS) is 1. The summed E-state index contributed by atoms with van der Waals surface area (Å²) in [6.07, 6.45) is 2.40. The van der Waals surface area contributed by atoms with Gasteiger partial charge in [-0.2, -0.15) is 5.10 Å². The molecule has 0 saturated carbocycles. The van der Waals surface area contributed by atoms with Crippen LogP contribution in [0.25, 0.3) is 27.5 Å². The van der Waals surface area contributed by atoms with Crippen molar-refractivity contribution in [3.05, 3.63) is 58.9 Å². The van der Waals surface area contributed by atoms with Crippen LogP contribution in [0.5, 0.6) is 0 Å². The van der Waals surface area contributed by atoms with Gasteiger partial charge in [-0.15, -0.1) is 0 Å². The molecule has 2 aromatic carbocycles. The highest BCUT2D eigenvalue weighted by Gasteiger charge is 2.38. The summed E-state index contributed by atoms with van der Waals surface area (Å²) in [5.74, 6) is -1.98. The number of fused-ring (bicyclic) bond motifs is 2. The normalized spacial score (nSPS) is 21.3. The minimum atomic E-state index is -1.02. The van der Waals surface area contributed by atoms with Crippen molar-refractivity contribution in [1.29, 1.82) is 0 Å². The van der Waals surface area contributed by atoms with Gasteiger partial charge in [-0.1, -0.05) is 0 Å². The van der Waals surface area contributed by atoms with Crippen LogP contribution in [0.3, 0.4) is 0 Å². The van der Waals surface area contributed by atoms with Gasteiger partial charge in [-0.25, -0.2) is 13.6 Å². The third-order valence-electron chi connectivity index (χ3n) is 7.37. The van der Waals surface area contributed by atoms with E-state index < -0.39 is 17.9 Å². The van der Waals surface area contributed by atoms with E-state index in [1.807, 2.05) is 10.6 Å². The second-order valence-corrected chi connectivity index (χ2v) is 9.47. The van der Waals surface area contributed by atoms with Crippen molar-refractivity contribution >= 4 is 27.8 Å². The van der Waals surface area contributed by atoms with Crippen molar-refractivity contribution < 1.29 is 28.2 Å². The van der Waals surface area contributed by atoms with Crippen molar-refractivity contribution in [2.75, 3.05) is 19.8 Å². The van der Waals surface area contributed by atoms with Gasteiger partial charge in [0.05, 0.1) is 18.3 Å². The van der Waals surface area contributed by atoms with E-state index in [-0.39, 0.29) is 30.7 Å². The summed E-state index contributed by atoms with van der Waals surface area (Å²) in [5, 5.41) is 17.4. The van der Waals surface area contributed by atoms with Crippen molar-refractivity contribution in [3.8, 4) is 5.69 Å². The van der Waals surface area contributed by atoms with E-state index in [0.717, 1.165) is 29.8 Å². The summed E-state index contributed by atoms with van der Waals surface area (Å²) in [6.45, 7) is 3.06. The maximum atomic E-state index is 16.2. The molecule has 2 atom stereocenters. The summed E-state index contributed by atoms with van der Waals surface area (Å²) in [4.78, 5) is 11.7. The van der Waals surface area contributed by atoms with Gasteiger partial charge in [0.25, 0.3) is 0 Å². The predicted octanol–water partition coefficient (Wildman–Crippen LogP) is 4.94. The highest BCUT2D eigenvalue weighted by Crippen LogP contribution is 2.46. The van der Waals surface area contributed by atoms with E-state index in [2.05, 4.69) is 10.2 Å². The smallest absolute Gasteiger partial charge is 0.332 e. The van der Waals surface area contributed by atoms with Gasteiger partial charge in [0, 0.05) is 47.2 Å². The van der Waals surface area contributed by atoms with Crippen LogP contribution in [0, 0.1) is 18.6 Å². The Hall–Kier alpha value is -3.30. The number of hydrogen-bond acceptors (Lipinski definition) is 4. The second-order valence-electron chi connectivity index (χ2n) is 9.47. The average Bonchev–Trinajstić information content (AvgIpc) is 3.59. The molecule has 2 unspecified atom stereocenters. The first-order valence-corrected chi connectivity index (χ1v) is 11.8. The lowest BCUT2D eigenvalue weighted by Gasteiger charge is -2.27. The third-order valence-corrected chi connectivity index (χ3v) is 7.37. The number of halogens is 2. The molecule has 9 heteroatoms. The van der Waals surface area contributed by atoms with Crippen molar-refractivity contribution in [2.45, 2.75) is 44.1 Å². The van der Waals surface area contributed by atoms with Crippen molar-refractivity contribution in [1.82, 2.24) is 14.8 Å². The molecule has 0 amide bonds. The molecular formula is C26H25F2N3O4. The van der Waals surface area contributed by atoms with Gasteiger partial charge in [0.15, 0.2) is 11.9 Å². The zero-order valence-corrected chi connectivity index (χ0v) is 19.2. The number of nitrogens with one attached hydrogen (secondary N) is 1. The van der Waals surface area contributed by atoms with Gasteiger partial charge in [-0.3, -0.25) is 5.10 Å². The SMILES string of the molecule is Cc1cc(-n2c(C3CCOCC3)c(C3COC(C(=O)O)C3)c3c(F)c4[nH]ncc4cc32)ccc1F. The van der Waals surface area contributed by atoms with E-state index in [1.165, 1.54) is 6.07 Å². The number of carboxylic acids is 1. The Morgan fingerprint density at radius 3 is 2.71 bits per heavy atom. The number of aryl methyl sites for hydroxylation is 1. The first-order chi connectivity index (χ1) is 16.9. The molecule has 0 aliphatic carbocycles. The Bertz CT molecular complexity index is 1450. The summed E-state index contributed by atoms with van der Waals surface area (Å²) in [7, 11) is 0. The highest BCUT2D eigenvalue weighted by atomic mass is 19.1. The minimum Gasteiger partial charge on any atom is -0.479 e. The quantitative estimate of drug-likeness (QED) is 0.431. The lowest BCUT2D eigenvalue weighted by atomic mass is 9.86. The zero-order valence-electron chi connectivity index (χ0n) is 19.2. The number of hydrogen-bond donors (Lipinski definition) is 2. The fourth-order valence-corrected chi connectivity index (χ4v) is 5.68. The Balaban J connectivity index is 1.70. The van der Waals surface area contributed by atoms with E-state index in [1.54, 1.807) is 25.3 Å². The second kappa shape index (κ2) is 8.42. The number of ether oxygens (including phenoxy) is 2. The zero-order chi connectivity index (χ0) is 24.3. The molecule has 182 valence electrons. The summed E-state index contributed by atoms with van der Waals surface area (Å²) in [6, 6.07) is 6.80. The number of rotatable bonds is 4. The predicted molar refractivity (Wildman–Crippen MR) is 125 cm³/mol. The Kier molecular flexibility index (Phi) is 5.34. The molecule has 0 radical (unpaired) electrons. The van der Waals surface area contributed by atoms with E-state index in [4.69, 9.17) is 9.47 Å². The molecule has 2 aliphatic rings. The topological polar surface area (TPSA) is 89.4 Å². The number of aliphatic carboxylic acids is 1. The first-order valence-electron chi connectivity index (χ1n) is 11.8. The van der Waals surface area contributed by atoms with Crippen molar-refractivity contribution in [2.24, 2.45) is 0 Å².